The van der Waals surface area contributed by atoms with Gasteiger partial charge in [-0.05, 0) is 29.8 Å². The summed E-state index contributed by atoms with van der Waals surface area (Å²) in [5.41, 5.74) is 1.65. The molecule has 0 saturated carbocycles. The minimum absolute atomic E-state index is 0.236. The maximum Gasteiger partial charge on any atom is 0.231 e. The number of nitrogens with one attached hydrogen (secondary N) is 1. The first-order valence-corrected chi connectivity index (χ1v) is 7.88. The Labute approximate surface area is 138 Å². The summed E-state index contributed by atoms with van der Waals surface area (Å²) < 4.78 is 12.6. The van der Waals surface area contributed by atoms with E-state index in [4.69, 9.17) is 9.47 Å². The molecule has 1 aromatic carbocycles. The first-order valence-electron chi connectivity index (χ1n) is 7.88. The molecule has 24 heavy (non-hydrogen) atoms. The summed E-state index contributed by atoms with van der Waals surface area (Å²) in [5, 5.41) is 21.9. The van der Waals surface area contributed by atoms with E-state index in [9.17, 15) is 5.11 Å². The Bertz CT molecular complexity index is 849. The van der Waals surface area contributed by atoms with Crippen molar-refractivity contribution in [3.8, 4) is 11.5 Å². The van der Waals surface area contributed by atoms with Crippen LogP contribution in [0.25, 0.3) is 5.65 Å². The number of hydrogen-bond donors (Lipinski definition) is 2. The van der Waals surface area contributed by atoms with E-state index in [-0.39, 0.29) is 6.79 Å². The Hall–Kier alpha value is -2.64. The van der Waals surface area contributed by atoms with E-state index in [0.29, 0.717) is 18.8 Å². The number of nitrogens with zero attached hydrogens (tertiary/aromatic N) is 3. The van der Waals surface area contributed by atoms with Crippen LogP contribution in [-0.4, -0.2) is 39.6 Å². The standard InChI is InChI=1S/C17H18N4O3/c22-13(12-4-5-14-15(9-12)24-11-23-14)10-18-7-6-17-20-19-16-3-1-2-8-21(16)17/h1-5,8-9,13,18,22H,6-7,10-11H2. The second-order valence-corrected chi connectivity index (χ2v) is 5.63. The lowest BCUT2D eigenvalue weighted by Gasteiger charge is -2.12. The van der Waals surface area contributed by atoms with Gasteiger partial charge in [-0.15, -0.1) is 10.2 Å². The highest BCUT2D eigenvalue weighted by molar-refractivity contribution is 5.45. The fourth-order valence-electron chi connectivity index (χ4n) is 2.74. The van der Waals surface area contributed by atoms with Crippen LogP contribution in [-0.2, 0) is 6.42 Å². The predicted octanol–water partition coefficient (Wildman–Crippen LogP) is 1.32. The number of aliphatic hydroxyl groups excluding tert-OH is 1. The van der Waals surface area contributed by atoms with Gasteiger partial charge in [0, 0.05) is 25.7 Å². The van der Waals surface area contributed by atoms with Crippen LogP contribution in [0.3, 0.4) is 0 Å². The zero-order valence-electron chi connectivity index (χ0n) is 13.1. The molecule has 7 heteroatoms. The number of aromatic nitrogens is 3. The first kappa shape index (κ1) is 14.9. The SMILES string of the molecule is OC(CNCCc1nnc2ccccn12)c1ccc2c(c1)OCO2. The third-order valence-corrected chi connectivity index (χ3v) is 4.03. The molecule has 0 amide bonds. The van der Waals surface area contributed by atoms with E-state index < -0.39 is 6.10 Å². The van der Waals surface area contributed by atoms with E-state index in [1.165, 1.54) is 0 Å². The lowest BCUT2D eigenvalue weighted by atomic mass is 10.1. The van der Waals surface area contributed by atoms with Crippen LogP contribution in [0.15, 0.2) is 42.6 Å². The van der Waals surface area contributed by atoms with Crippen LogP contribution in [0, 0.1) is 0 Å². The lowest BCUT2D eigenvalue weighted by molar-refractivity contribution is 0.170. The van der Waals surface area contributed by atoms with Crippen LogP contribution in [0.5, 0.6) is 11.5 Å². The first-order chi connectivity index (χ1) is 11.8. The number of rotatable bonds is 6. The van der Waals surface area contributed by atoms with Crippen LogP contribution >= 0.6 is 0 Å². The molecule has 0 aliphatic carbocycles. The van der Waals surface area contributed by atoms with Gasteiger partial charge in [0.05, 0.1) is 6.10 Å². The third-order valence-electron chi connectivity index (χ3n) is 4.03. The molecule has 2 aromatic heterocycles. The van der Waals surface area contributed by atoms with Crippen molar-refractivity contribution in [1.82, 2.24) is 19.9 Å². The van der Waals surface area contributed by atoms with Crippen molar-refractivity contribution >= 4 is 5.65 Å². The molecule has 3 heterocycles. The number of fused-ring (bicyclic) bond motifs is 2. The Morgan fingerprint density at radius 3 is 3.04 bits per heavy atom. The molecule has 1 unspecified atom stereocenters. The molecule has 0 spiro atoms. The molecule has 1 aliphatic heterocycles. The second-order valence-electron chi connectivity index (χ2n) is 5.63. The van der Waals surface area contributed by atoms with E-state index in [2.05, 4.69) is 15.5 Å². The van der Waals surface area contributed by atoms with Gasteiger partial charge >= 0.3 is 0 Å². The summed E-state index contributed by atoms with van der Waals surface area (Å²) in [7, 11) is 0. The fraction of sp³-hybridized carbons (Fsp3) is 0.294. The Kier molecular flexibility index (Phi) is 4.02. The third kappa shape index (κ3) is 2.91. The van der Waals surface area contributed by atoms with Gasteiger partial charge < -0.3 is 19.9 Å². The zero-order valence-corrected chi connectivity index (χ0v) is 13.1. The fourth-order valence-corrected chi connectivity index (χ4v) is 2.74. The van der Waals surface area contributed by atoms with E-state index in [0.717, 1.165) is 29.2 Å². The summed E-state index contributed by atoms with van der Waals surface area (Å²) in [5.74, 6) is 2.30. The Morgan fingerprint density at radius 1 is 1.17 bits per heavy atom. The quantitative estimate of drug-likeness (QED) is 0.665. The molecular weight excluding hydrogens is 308 g/mol. The maximum atomic E-state index is 10.3. The number of benzene rings is 1. The van der Waals surface area contributed by atoms with Crippen LogP contribution in [0.2, 0.25) is 0 Å². The Balaban J connectivity index is 1.31. The molecule has 2 N–H and O–H groups in total. The molecule has 1 atom stereocenters. The minimum Gasteiger partial charge on any atom is -0.454 e. The van der Waals surface area contributed by atoms with Crippen LogP contribution < -0.4 is 14.8 Å². The lowest BCUT2D eigenvalue weighted by Crippen LogP contribution is -2.24. The highest BCUT2D eigenvalue weighted by Gasteiger charge is 2.16. The summed E-state index contributed by atoms with van der Waals surface area (Å²) >= 11 is 0. The van der Waals surface area contributed by atoms with Gasteiger partial charge in [0.2, 0.25) is 6.79 Å². The summed E-state index contributed by atoms with van der Waals surface area (Å²) in [6.45, 7) is 1.40. The monoisotopic (exact) mass is 326 g/mol. The van der Waals surface area contributed by atoms with Gasteiger partial charge in [0.25, 0.3) is 0 Å². The van der Waals surface area contributed by atoms with Gasteiger partial charge in [-0.25, -0.2) is 0 Å². The molecule has 0 fully saturated rings. The summed E-state index contributed by atoms with van der Waals surface area (Å²) in [6, 6.07) is 11.3. The van der Waals surface area contributed by atoms with E-state index in [1.54, 1.807) is 0 Å². The van der Waals surface area contributed by atoms with Crippen molar-refractivity contribution in [1.29, 1.82) is 0 Å². The molecule has 3 aromatic rings. The normalized spacial score (nSPS) is 14.2. The Morgan fingerprint density at radius 2 is 2.08 bits per heavy atom. The molecule has 0 saturated heterocycles. The minimum atomic E-state index is -0.602. The second kappa shape index (κ2) is 6.46. The molecule has 124 valence electrons. The van der Waals surface area contributed by atoms with Gasteiger partial charge in [0.1, 0.15) is 5.82 Å². The van der Waals surface area contributed by atoms with Gasteiger partial charge in [-0.2, -0.15) is 0 Å². The van der Waals surface area contributed by atoms with Crippen molar-refractivity contribution in [3.05, 3.63) is 54.0 Å². The molecule has 4 rings (SSSR count). The van der Waals surface area contributed by atoms with Crippen LogP contribution in [0.4, 0.5) is 0 Å². The van der Waals surface area contributed by atoms with E-state index >= 15 is 0 Å². The van der Waals surface area contributed by atoms with Gasteiger partial charge in [-0.3, -0.25) is 4.40 Å². The van der Waals surface area contributed by atoms with Crippen molar-refractivity contribution < 1.29 is 14.6 Å². The number of hydrogen-bond acceptors (Lipinski definition) is 6. The van der Waals surface area contributed by atoms with Crippen molar-refractivity contribution in [2.24, 2.45) is 0 Å². The molecule has 7 nitrogen and oxygen atoms in total. The molecule has 0 bridgehead atoms. The van der Waals surface area contributed by atoms with Gasteiger partial charge in [-0.1, -0.05) is 12.1 Å². The smallest absolute Gasteiger partial charge is 0.231 e. The summed E-state index contributed by atoms with van der Waals surface area (Å²) in [4.78, 5) is 0. The number of pyridine rings is 1. The number of aliphatic hydroxyl groups is 1. The maximum absolute atomic E-state index is 10.3. The average Bonchev–Trinajstić information content (AvgIpc) is 3.24. The van der Waals surface area contributed by atoms with Crippen LogP contribution in [0.1, 0.15) is 17.5 Å². The largest absolute Gasteiger partial charge is 0.454 e. The molecular formula is C17H18N4O3. The van der Waals surface area contributed by atoms with E-state index in [1.807, 2.05) is 47.0 Å². The zero-order chi connectivity index (χ0) is 16.4. The predicted molar refractivity (Wildman–Crippen MR) is 87.1 cm³/mol. The average molecular weight is 326 g/mol. The summed E-state index contributed by atoms with van der Waals surface area (Å²) in [6.07, 6.45) is 2.08. The molecule has 0 radical (unpaired) electrons. The molecule has 1 aliphatic rings. The van der Waals surface area contributed by atoms with Crippen molar-refractivity contribution in [3.63, 3.8) is 0 Å². The highest BCUT2D eigenvalue weighted by Crippen LogP contribution is 2.34. The topological polar surface area (TPSA) is 80.9 Å². The van der Waals surface area contributed by atoms with Gasteiger partial charge in [0.15, 0.2) is 17.1 Å². The van der Waals surface area contributed by atoms with Crippen molar-refractivity contribution in [2.45, 2.75) is 12.5 Å². The highest BCUT2D eigenvalue weighted by atomic mass is 16.7. The van der Waals surface area contributed by atoms with Crippen molar-refractivity contribution in [2.75, 3.05) is 19.9 Å². The number of ether oxygens (including phenoxy) is 2.